The number of rotatable bonds is 7. The van der Waals surface area contributed by atoms with Gasteiger partial charge in [0, 0.05) is 19.6 Å². The molecule has 0 spiro atoms. The van der Waals surface area contributed by atoms with Crippen molar-refractivity contribution in [3.8, 4) is 0 Å². The summed E-state index contributed by atoms with van der Waals surface area (Å²) < 4.78 is 10.5. The predicted molar refractivity (Wildman–Crippen MR) is 75.1 cm³/mol. The maximum Gasteiger partial charge on any atom is 0.181 e. The summed E-state index contributed by atoms with van der Waals surface area (Å²) in [6.45, 7) is 4.32. The van der Waals surface area contributed by atoms with Gasteiger partial charge < -0.3 is 19.7 Å². The highest BCUT2D eigenvalue weighted by atomic mass is 16.6. The number of aliphatic hydroxyl groups is 2. The molecule has 0 unspecified atom stereocenters. The lowest BCUT2D eigenvalue weighted by Crippen LogP contribution is -2.54. The van der Waals surface area contributed by atoms with Crippen LogP contribution < -0.4 is 0 Å². The summed E-state index contributed by atoms with van der Waals surface area (Å²) in [7, 11) is 1.45. The first-order valence-corrected chi connectivity index (χ1v) is 7.12. The molecule has 0 aliphatic carbocycles. The molecule has 0 bridgehead atoms. The molecule has 0 aromatic heterocycles. The van der Waals surface area contributed by atoms with Crippen LogP contribution in [0.2, 0.25) is 0 Å². The van der Waals surface area contributed by atoms with Gasteiger partial charge in [0.2, 0.25) is 0 Å². The third-order valence-electron chi connectivity index (χ3n) is 4.12. The maximum atomic E-state index is 12.2. The number of carbonyl (C=O) groups is 1. The number of Topliss-reactive ketones (excluding diaryl/α,β-unsaturated/α-hetero) is 1. The summed E-state index contributed by atoms with van der Waals surface area (Å²) >= 11 is 0. The lowest BCUT2D eigenvalue weighted by molar-refractivity contribution is -0.281. The normalized spacial score (nSPS) is 32.5. The number of ether oxygens (including phenoxy) is 2. The third-order valence-corrected chi connectivity index (χ3v) is 4.12. The van der Waals surface area contributed by atoms with Gasteiger partial charge in [-0.05, 0) is 18.8 Å². The van der Waals surface area contributed by atoms with Crippen LogP contribution in [0.1, 0.15) is 26.7 Å². The average molecular weight is 286 g/mol. The molecule has 1 aliphatic rings. The van der Waals surface area contributed by atoms with E-state index in [1.807, 2.05) is 13.8 Å². The molecule has 0 radical (unpaired) electrons. The van der Waals surface area contributed by atoms with Crippen molar-refractivity contribution in [3.63, 3.8) is 0 Å². The van der Waals surface area contributed by atoms with E-state index in [4.69, 9.17) is 14.6 Å². The van der Waals surface area contributed by atoms with Gasteiger partial charge in [0.1, 0.15) is 6.61 Å². The number of ketones is 1. The van der Waals surface area contributed by atoms with Gasteiger partial charge in [-0.2, -0.15) is 0 Å². The fourth-order valence-corrected chi connectivity index (χ4v) is 2.59. The lowest BCUT2D eigenvalue weighted by Gasteiger charge is -2.44. The topological polar surface area (TPSA) is 76.0 Å². The van der Waals surface area contributed by atoms with Crippen LogP contribution in [0, 0.1) is 17.8 Å². The van der Waals surface area contributed by atoms with Gasteiger partial charge in [0.05, 0.1) is 12.5 Å². The summed E-state index contributed by atoms with van der Waals surface area (Å²) in [5, 5.41) is 19.7. The second-order valence-corrected chi connectivity index (χ2v) is 5.47. The van der Waals surface area contributed by atoms with Crippen LogP contribution in [0.5, 0.6) is 0 Å². The number of aliphatic hydroxyl groups excluding tert-OH is 1. The summed E-state index contributed by atoms with van der Waals surface area (Å²) in [6.07, 6.45) is 4.64. The second-order valence-electron chi connectivity index (χ2n) is 5.47. The second kappa shape index (κ2) is 7.88. The lowest BCUT2D eigenvalue weighted by atomic mass is 9.76. The third kappa shape index (κ3) is 3.88. The molecule has 0 amide bonds. The summed E-state index contributed by atoms with van der Waals surface area (Å²) in [4.78, 5) is 12.2. The largest absolute Gasteiger partial charge is 0.396 e. The molecule has 1 rings (SSSR count). The Morgan fingerprint density at radius 3 is 2.85 bits per heavy atom. The van der Waals surface area contributed by atoms with Crippen molar-refractivity contribution >= 4 is 5.78 Å². The molecule has 0 aromatic rings. The van der Waals surface area contributed by atoms with Crippen molar-refractivity contribution in [2.75, 3.05) is 26.9 Å². The number of carbonyl (C=O) groups excluding carboxylic acids is 1. The van der Waals surface area contributed by atoms with E-state index < -0.39 is 11.7 Å². The molecule has 5 heteroatoms. The first-order valence-electron chi connectivity index (χ1n) is 7.12. The van der Waals surface area contributed by atoms with E-state index in [9.17, 15) is 9.90 Å². The first-order chi connectivity index (χ1) is 9.47. The van der Waals surface area contributed by atoms with Crippen molar-refractivity contribution in [2.24, 2.45) is 17.8 Å². The molecule has 5 nitrogen and oxygen atoms in total. The fourth-order valence-electron chi connectivity index (χ4n) is 2.59. The number of hydrogen-bond donors (Lipinski definition) is 2. The fraction of sp³-hybridized carbons (Fsp3) is 0.800. The van der Waals surface area contributed by atoms with Gasteiger partial charge in [-0.15, -0.1) is 0 Å². The van der Waals surface area contributed by atoms with E-state index in [1.54, 1.807) is 12.2 Å². The molecule has 0 saturated carbocycles. The molecular formula is C15H26O5. The highest BCUT2D eigenvalue weighted by molar-refractivity contribution is 5.84. The van der Waals surface area contributed by atoms with Crippen LogP contribution in [-0.2, 0) is 14.3 Å². The van der Waals surface area contributed by atoms with Crippen molar-refractivity contribution in [2.45, 2.75) is 32.5 Å². The van der Waals surface area contributed by atoms with E-state index in [0.717, 1.165) is 6.42 Å². The molecule has 2 N–H and O–H groups in total. The van der Waals surface area contributed by atoms with Gasteiger partial charge in [0.25, 0.3) is 0 Å². The van der Waals surface area contributed by atoms with Gasteiger partial charge in [-0.1, -0.05) is 26.0 Å². The van der Waals surface area contributed by atoms with Crippen molar-refractivity contribution in [1.82, 2.24) is 0 Å². The number of hydrogen-bond acceptors (Lipinski definition) is 5. The molecule has 1 saturated heterocycles. The zero-order valence-electron chi connectivity index (χ0n) is 12.5. The number of methoxy groups -OCH3 is 1. The standard InChI is InChI=1S/C15H26O5/c1-11-7-9-20-15(18,12(11)2)13(6-4-5-8-16)14(17)10-19-3/h4,6,11-13,16,18H,5,7-10H2,1-3H3/b6-4-/t11-,12+,13-,15+/m1/s1. The van der Waals surface area contributed by atoms with E-state index in [0.29, 0.717) is 13.0 Å². The van der Waals surface area contributed by atoms with E-state index in [-0.39, 0.29) is 30.8 Å². The quantitative estimate of drug-likeness (QED) is 0.686. The zero-order chi connectivity index (χ0) is 15.2. The molecule has 4 atom stereocenters. The first kappa shape index (κ1) is 17.3. The monoisotopic (exact) mass is 286 g/mol. The van der Waals surface area contributed by atoms with Crippen molar-refractivity contribution < 1.29 is 24.5 Å². The summed E-state index contributed by atoms with van der Waals surface area (Å²) in [5.74, 6) is -2.37. The Balaban J connectivity index is 2.97. The van der Waals surface area contributed by atoms with Crippen LogP contribution in [-0.4, -0.2) is 48.7 Å². The van der Waals surface area contributed by atoms with Crippen molar-refractivity contribution in [1.29, 1.82) is 0 Å². The minimum atomic E-state index is -1.50. The average Bonchev–Trinajstić information content (AvgIpc) is 2.41. The Morgan fingerprint density at radius 2 is 2.25 bits per heavy atom. The Labute approximate surface area is 120 Å². The van der Waals surface area contributed by atoms with Crippen LogP contribution in [0.25, 0.3) is 0 Å². The molecule has 0 aromatic carbocycles. The minimum Gasteiger partial charge on any atom is -0.396 e. The van der Waals surface area contributed by atoms with Gasteiger partial charge in [-0.3, -0.25) is 4.79 Å². The van der Waals surface area contributed by atoms with Gasteiger partial charge >= 0.3 is 0 Å². The van der Waals surface area contributed by atoms with E-state index in [1.165, 1.54) is 7.11 Å². The summed E-state index contributed by atoms with van der Waals surface area (Å²) in [5.41, 5.74) is 0. The molecule has 116 valence electrons. The maximum absolute atomic E-state index is 12.2. The highest BCUT2D eigenvalue weighted by Gasteiger charge is 2.49. The molecule has 1 heterocycles. The van der Waals surface area contributed by atoms with Gasteiger partial charge in [0.15, 0.2) is 11.6 Å². The predicted octanol–water partition coefficient (Wildman–Crippen LogP) is 1.14. The molecule has 20 heavy (non-hydrogen) atoms. The Morgan fingerprint density at radius 1 is 1.55 bits per heavy atom. The summed E-state index contributed by atoms with van der Waals surface area (Å²) in [6, 6.07) is 0. The zero-order valence-corrected chi connectivity index (χ0v) is 12.5. The molecule has 1 aliphatic heterocycles. The highest BCUT2D eigenvalue weighted by Crippen LogP contribution is 2.39. The Hall–Kier alpha value is -0.750. The van der Waals surface area contributed by atoms with Crippen LogP contribution in [0.4, 0.5) is 0 Å². The Bertz CT molecular complexity index is 341. The van der Waals surface area contributed by atoms with E-state index in [2.05, 4.69) is 0 Å². The molecule has 1 fully saturated rings. The smallest absolute Gasteiger partial charge is 0.181 e. The van der Waals surface area contributed by atoms with E-state index >= 15 is 0 Å². The van der Waals surface area contributed by atoms with Crippen LogP contribution in [0.3, 0.4) is 0 Å². The Kier molecular flexibility index (Phi) is 6.82. The molecular weight excluding hydrogens is 260 g/mol. The minimum absolute atomic E-state index is 0.00688. The van der Waals surface area contributed by atoms with Crippen LogP contribution >= 0.6 is 0 Å². The van der Waals surface area contributed by atoms with Gasteiger partial charge in [-0.25, -0.2) is 0 Å². The van der Waals surface area contributed by atoms with Crippen molar-refractivity contribution in [3.05, 3.63) is 12.2 Å². The van der Waals surface area contributed by atoms with Crippen LogP contribution in [0.15, 0.2) is 12.2 Å². The SMILES string of the molecule is COCC(=O)[C@@H](/C=C\CCO)[C@@]1(O)OCC[C@@H](C)[C@@H]1C.